The average Bonchev–Trinajstić information content (AvgIpc) is 2.82. The van der Waals surface area contributed by atoms with E-state index in [0.717, 1.165) is 11.3 Å². The zero-order valence-corrected chi connectivity index (χ0v) is 10.3. The largest absolute Gasteiger partial charge is 0.422 e. The molecular formula is C11H12N6O. The first-order valence-electron chi connectivity index (χ1n) is 5.27. The first-order valence-corrected chi connectivity index (χ1v) is 5.27. The van der Waals surface area contributed by atoms with Crippen molar-refractivity contribution in [3.05, 3.63) is 29.0 Å². The van der Waals surface area contributed by atoms with Crippen LogP contribution < -0.4 is 5.43 Å². The lowest BCUT2D eigenvalue weighted by Gasteiger charge is -1.93. The number of hydrogen-bond acceptors (Lipinski definition) is 6. The molecule has 0 atom stereocenters. The summed E-state index contributed by atoms with van der Waals surface area (Å²) < 4.78 is 6.90. The molecule has 0 aliphatic rings. The highest BCUT2D eigenvalue weighted by atomic mass is 16.4. The number of anilines is 1. The van der Waals surface area contributed by atoms with Crippen LogP contribution in [-0.2, 0) is 7.05 Å². The minimum atomic E-state index is 0.188. The van der Waals surface area contributed by atoms with Gasteiger partial charge >= 0.3 is 0 Å². The third-order valence-corrected chi connectivity index (χ3v) is 2.26. The molecule has 0 saturated heterocycles. The van der Waals surface area contributed by atoms with E-state index in [2.05, 4.69) is 20.6 Å². The Balaban J connectivity index is 2.12. The Kier molecular flexibility index (Phi) is 3.10. The maximum Gasteiger partial charge on any atom is 0.252 e. The van der Waals surface area contributed by atoms with Gasteiger partial charge in [-0.15, -0.1) is 0 Å². The van der Waals surface area contributed by atoms with E-state index in [0.29, 0.717) is 5.89 Å². The van der Waals surface area contributed by atoms with Gasteiger partial charge in [0, 0.05) is 25.7 Å². The number of nitriles is 1. The molecule has 2 rings (SSSR count). The summed E-state index contributed by atoms with van der Waals surface area (Å²) in [5.74, 6) is 0.662. The van der Waals surface area contributed by atoms with Gasteiger partial charge in [0.1, 0.15) is 6.07 Å². The maximum absolute atomic E-state index is 8.82. The van der Waals surface area contributed by atoms with Gasteiger partial charge in [-0.3, -0.25) is 4.68 Å². The molecule has 92 valence electrons. The monoisotopic (exact) mass is 244 g/mol. The van der Waals surface area contributed by atoms with Crippen LogP contribution in [0.3, 0.4) is 0 Å². The molecule has 2 heterocycles. The first-order chi connectivity index (χ1) is 8.60. The first kappa shape index (κ1) is 11.9. The second-order valence-electron chi connectivity index (χ2n) is 3.74. The molecule has 2 aromatic heterocycles. The second-order valence-corrected chi connectivity index (χ2v) is 3.74. The Hall–Kier alpha value is -2.62. The predicted molar refractivity (Wildman–Crippen MR) is 65.1 cm³/mol. The molecule has 0 aliphatic heterocycles. The zero-order chi connectivity index (χ0) is 13.1. The summed E-state index contributed by atoms with van der Waals surface area (Å²) in [7, 11) is 1.84. The molecule has 0 aliphatic carbocycles. The van der Waals surface area contributed by atoms with Crippen LogP contribution in [0.1, 0.15) is 22.8 Å². The maximum atomic E-state index is 8.82. The van der Waals surface area contributed by atoms with Gasteiger partial charge in [0.2, 0.25) is 5.69 Å². The van der Waals surface area contributed by atoms with E-state index in [9.17, 15) is 0 Å². The Morgan fingerprint density at radius 2 is 2.33 bits per heavy atom. The topological polar surface area (TPSA) is 92.0 Å². The summed E-state index contributed by atoms with van der Waals surface area (Å²) in [5.41, 5.74) is 4.60. The van der Waals surface area contributed by atoms with Gasteiger partial charge in [-0.2, -0.15) is 15.5 Å². The van der Waals surface area contributed by atoms with E-state index in [1.54, 1.807) is 17.8 Å². The van der Waals surface area contributed by atoms with Crippen LogP contribution >= 0.6 is 0 Å². The number of nitrogens with zero attached hydrogens (tertiary/aromatic N) is 5. The van der Waals surface area contributed by atoms with Crippen LogP contribution in [0.4, 0.5) is 5.88 Å². The number of hydrazone groups is 1. The molecule has 0 unspecified atom stereocenters. The quantitative estimate of drug-likeness (QED) is 0.649. The molecule has 0 fully saturated rings. The molecule has 0 radical (unpaired) electrons. The van der Waals surface area contributed by atoms with E-state index < -0.39 is 0 Å². The van der Waals surface area contributed by atoms with Crippen molar-refractivity contribution in [2.75, 3.05) is 5.43 Å². The number of hydrogen-bond donors (Lipinski definition) is 1. The van der Waals surface area contributed by atoms with Crippen molar-refractivity contribution < 1.29 is 4.42 Å². The van der Waals surface area contributed by atoms with Gasteiger partial charge in [0.05, 0.1) is 11.9 Å². The van der Waals surface area contributed by atoms with Gasteiger partial charge < -0.3 is 4.42 Å². The molecule has 0 amide bonds. The molecule has 0 bridgehead atoms. The fourth-order valence-electron chi connectivity index (χ4n) is 1.48. The van der Waals surface area contributed by atoms with Crippen molar-refractivity contribution in [1.29, 1.82) is 5.26 Å². The Morgan fingerprint density at radius 1 is 1.56 bits per heavy atom. The summed E-state index contributed by atoms with van der Waals surface area (Å²) in [6.45, 7) is 3.56. The molecule has 7 heteroatoms. The highest BCUT2D eigenvalue weighted by Crippen LogP contribution is 2.15. The predicted octanol–water partition coefficient (Wildman–Crippen LogP) is 1.34. The van der Waals surface area contributed by atoms with Gasteiger partial charge in [0.25, 0.3) is 5.88 Å². The standard InChI is InChI=1S/C11H12N6O/c1-7-9(6-17(3)16-7)5-13-15-11-10(4-12)14-8(2)18-11/h5-6,15H,1-3H3. The van der Waals surface area contributed by atoms with Gasteiger partial charge in [-0.1, -0.05) is 0 Å². The minimum Gasteiger partial charge on any atom is -0.422 e. The summed E-state index contributed by atoms with van der Waals surface area (Å²) in [6, 6.07) is 1.92. The minimum absolute atomic E-state index is 0.188. The molecule has 0 saturated carbocycles. The lowest BCUT2D eigenvalue weighted by Crippen LogP contribution is -1.91. The highest BCUT2D eigenvalue weighted by molar-refractivity contribution is 5.81. The lowest BCUT2D eigenvalue weighted by molar-refractivity contribution is 0.533. The SMILES string of the molecule is Cc1nc(C#N)c(NN=Cc2cn(C)nc2C)o1. The van der Waals surface area contributed by atoms with Crippen molar-refractivity contribution in [2.24, 2.45) is 12.1 Å². The number of aromatic nitrogens is 3. The molecular weight excluding hydrogens is 232 g/mol. The van der Waals surface area contributed by atoms with Crippen LogP contribution in [0.25, 0.3) is 0 Å². The summed E-state index contributed by atoms with van der Waals surface area (Å²) in [4.78, 5) is 3.90. The van der Waals surface area contributed by atoms with Crippen LogP contribution in [-0.4, -0.2) is 21.0 Å². The van der Waals surface area contributed by atoms with E-state index in [-0.39, 0.29) is 11.6 Å². The third-order valence-electron chi connectivity index (χ3n) is 2.26. The van der Waals surface area contributed by atoms with Gasteiger partial charge in [0.15, 0.2) is 5.89 Å². The van der Waals surface area contributed by atoms with Gasteiger partial charge in [-0.05, 0) is 6.92 Å². The van der Waals surface area contributed by atoms with Gasteiger partial charge in [-0.25, -0.2) is 10.4 Å². The third kappa shape index (κ3) is 2.38. The van der Waals surface area contributed by atoms with Crippen LogP contribution in [0.2, 0.25) is 0 Å². The van der Waals surface area contributed by atoms with Crippen molar-refractivity contribution in [2.45, 2.75) is 13.8 Å². The van der Waals surface area contributed by atoms with Crippen molar-refractivity contribution in [1.82, 2.24) is 14.8 Å². The second kappa shape index (κ2) is 4.71. The molecule has 2 aromatic rings. The number of aryl methyl sites for hydroxylation is 3. The van der Waals surface area contributed by atoms with E-state index in [1.807, 2.05) is 26.2 Å². The number of rotatable bonds is 3. The van der Waals surface area contributed by atoms with E-state index >= 15 is 0 Å². The van der Waals surface area contributed by atoms with Crippen LogP contribution in [0.15, 0.2) is 15.7 Å². The van der Waals surface area contributed by atoms with Crippen LogP contribution in [0, 0.1) is 25.2 Å². The average molecular weight is 244 g/mol. The fraction of sp³-hybridized carbons (Fsp3) is 0.273. The molecule has 1 N–H and O–H groups in total. The molecule has 0 spiro atoms. The zero-order valence-electron chi connectivity index (χ0n) is 10.3. The normalized spacial score (nSPS) is 10.8. The van der Waals surface area contributed by atoms with Crippen molar-refractivity contribution in [3.8, 4) is 6.07 Å². The Morgan fingerprint density at radius 3 is 2.94 bits per heavy atom. The molecule has 0 aromatic carbocycles. The number of nitrogens with one attached hydrogen (secondary N) is 1. The number of oxazole rings is 1. The molecule has 18 heavy (non-hydrogen) atoms. The van der Waals surface area contributed by atoms with Crippen LogP contribution in [0.5, 0.6) is 0 Å². The lowest BCUT2D eigenvalue weighted by atomic mass is 10.3. The fourth-order valence-corrected chi connectivity index (χ4v) is 1.48. The Labute approximate surface area is 104 Å². The van der Waals surface area contributed by atoms with E-state index in [4.69, 9.17) is 9.68 Å². The summed E-state index contributed by atoms with van der Waals surface area (Å²) in [5, 5.41) is 17.0. The van der Waals surface area contributed by atoms with Crippen molar-refractivity contribution >= 4 is 12.1 Å². The molecule has 7 nitrogen and oxygen atoms in total. The summed E-state index contributed by atoms with van der Waals surface area (Å²) >= 11 is 0. The smallest absolute Gasteiger partial charge is 0.252 e. The Bertz CT molecular complexity index is 630. The summed E-state index contributed by atoms with van der Waals surface area (Å²) in [6.07, 6.45) is 3.46. The highest BCUT2D eigenvalue weighted by Gasteiger charge is 2.08. The van der Waals surface area contributed by atoms with E-state index in [1.165, 1.54) is 0 Å². The van der Waals surface area contributed by atoms with Crippen molar-refractivity contribution in [3.63, 3.8) is 0 Å².